The van der Waals surface area contributed by atoms with E-state index in [1.807, 2.05) is 48.5 Å². The smallest absolute Gasteiger partial charge is 0.283 e. The van der Waals surface area contributed by atoms with Gasteiger partial charge in [0.2, 0.25) is 5.13 Å². The van der Waals surface area contributed by atoms with Gasteiger partial charge in [0.15, 0.2) is 11.4 Å². The molecule has 0 fully saturated rings. The van der Waals surface area contributed by atoms with Gasteiger partial charge < -0.3 is 0 Å². The van der Waals surface area contributed by atoms with Crippen LogP contribution in [0.3, 0.4) is 0 Å². The van der Waals surface area contributed by atoms with Crippen molar-refractivity contribution in [3.63, 3.8) is 0 Å². The quantitative estimate of drug-likeness (QED) is 0.418. The highest BCUT2D eigenvalue weighted by Crippen LogP contribution is 2.35. The van der Waals surface area contributed by atoms with Gasteiger partial charge in [-0.15, -0.1) is 0 Å². The number of ketones is 1. The van der Waals surface area contributed by atoms with Crippen molar-refractivity contribution in [3.05, 3.63) is 86.8 Å². The minimum atomic E-state index is -0.233. The number of Topliss-reactive ketones (excluding diaryl/α,β-unsaturated/α-hetero) is 1. The number of hydrogen-bond donors (Lipinski definition) is 1. The summed E-state index contributed by atoms with van der Waals surface area (Å²) in [7, 11) is 0. The maximum atomic E-state index is 13.4. The molecular weight excluding hydrogens is 432 g/mol. The Morgan fingerprint density at radius 3 is 2.68 bits per heavy atom. The SMILES string of the molecule is O=C1CC(c2ccc(Cl)cc2)Cc2c1cnc1[nH]n(-c3nc4ccccc4s3)c(=O)c21. The molecule has 1 aliphatic carbocycles. The minimum Gasteiger partial charge on any atom is -0.294 e. The number of para-hydroxylation sites is 1. The molecule has 1 N–H and O–H groups in total. The van der Waals surface area contributed by atoms with Crippen molar-refractivity contribution in [1.82, 2.24) is 19.7 Å². The molecule has 8 heteroatoms. The molecule has 3 aromatic heterocycles. The van der Waals surface area contributed by atoms with Crippen LogP contribution in [0.1, 0.15) is 33.8 Å². The maximum absolute atomic E-state index is 13.4. The highest BCUT2D eigenvalue weighted by molar-refractivity contribution is 7.20. The van der Waals surface area contributed by atoms with Crippen LogP contribution < -0.4 is 5.56 Å². The molecule has 0 aliphatic heterocycles. The summed E-state index contributed by atoms with van der Waals surface area (Å²) in [6.07, 6.45) is 2.56. The standard InChI is InChI=1S/C23H15ClN4O2S/c24-14-7-5-12(6-8-14)13-9-15-16(18(29)10-13)11-25-21-20(15)22(30)28(27-21)23-26-17-3-1-2-4-19(17)31-23/h1-8,11,13H,9-10H2,(H,25,27). The number of aromatic nitrogens is 4. The first-order valence-electron chi connectivity index (χ1n) is 9.85. The molecule has 3 heterocycles. The van der Waals surface area contributed by atoms with Crippen molar-refractivity contribution in [2.75, 3.05) is 0 Å². The average Bonchev–Trinajstić information content (AvgIpc) is 3.35. The fourth-order valence-electron chi connectivity index (χ4n) is 4.30. The predicted molar refractivity (Wildman–Crippen MR) is 122 cm³/mol. The predicted octanol–water partition coefficient (Wildman–Crippen LogP) is 4.89. The van der Waals surface area contributed by atoms with E-state index in [4.69, 9.17) is 11.6 Å². The van der Waals surface area contributed by atoms with E-state index in [0.29, 0.717) is 39.6 Å². The van der Waals surface area contributed by atoms with Crippen LogP contribution >= 0.6 is 22.9 Å². The molecular formula is C23H15ClN4O2S. The third kappa shape index (κ3) is 2.92. The molecule has 0 radical (unpaired) electrons. The third-order valence-corrected chi connectivity index (χ3v) is 7.09. The molecule has 6 rings (SSSR count). The Hall–Kier alpha value is -3.29. The number of benzene rings is 2. The Morgan fingerprint density at radius 1 is 1.06 bits per heavy atom. The number of rotatable bonds is 2. The summed E-state index contributed by atoms with van der Waals surface area (Å²) in [5.41, 5.74) is 3.39. The second kappa shape index (κ2) is 6.87. The van der Waals surface area contributed by atoms with E-state index in [-0.39, 0.29) is 17.3 Å². The number of hydrogen-bond acceptors (Lipinski definition) is 5. The lowest BCUT2D eigenvalue weighted by Crippen LogP contribution is -2.22. The molecule has 2 aromatic carbocycles. The lowest BCUT2D eigenvalue weighted by molar-refractivity contribution is 0.0964. The summed E-state index contributed by atoms with van der Waals surface area (Å²) in [4.78, 5) is 35.2. The van der Waals surface area contributed by atoms with Crippen LogP contribution in [-0.2, 0) is 6.42 Å². The molecule has 5 aromatic rings. The van der Waals surface area contributed by atoms with E-state index >= 15 is 0 Å². The van der Waals surface area contributed by atoms with Gasteiger partial charge in [0.25, 0.3) is 5.56 Å². The number of nitrogens with one attached hydrogen (secondary N) is 1. The number of nitrogens with zero attached hydrogens (tertiary/aromatic N) is 3. The zero-order valence-electron chi connectivity index (χ0n) is 16.1. The van der Waals surface area contributed by atoms with E-state index in [1.165, 1.54) is 16.0 Å². The fourth-order valence-corrected chi connectivity index (χ4v) is 5.35. The monoisotopic (exact) mass is 446 g/mol. The Balaban J connectivity index is 1.51. The number of carbonyl (C=O) groups is 1. The summed E-state index contributed by atoms with van der Waals surface area (Å²) >= 11 is 7.45. The van der Waals surface area contributed by atoms with Crippen molar-refractivity contribution in [3.8, 4) is 5.13 Å². The number of pyridine rings is 1. The van der Waals surface area contributed by atoms with Gasteiger partial charge in [0.05, 0.1) is 15.6 Å². The highest BCUT2D eigenvalue weighted by Gasteiger charge is 2.30. The molecule has 6 nitrogen and oxygen atoms in total. The second-order valence-corrected chi connectivity index (χ2v) is 9.12. The van der Waals surface area contributed by atoms with Gasteiger partial charge in [0, 0.05) is 23.2 Å². The first-order valence-corrected chi connectivity index (χ1v) is 11.0. The van der Waals surface area contributed by atoms with Crippen LogP contribution in [0.5, 0.6) is 0 Å². The number of thiazole rings is 1. The number of halogens is 1. The van der Waals surface area contributed by atoms with Crippen molar-refractivity contribution < 1.29 is 4.79 Å². The molecule has 1 aliphatic rings. The second-order valence-electron chi connectivity index (χ2n) is 7.67. The van der Waals surface area contributed by atoms with E-state index in [2.05, 4.69) is 15.1 Å². The van der Waals surface area contributed by atoms with Gasteiger partial charge >= 0.3 is 0 Å². The molecule has 152 valence electrons. The van der Waals surface area contributed by atoms with Crippen LogP contribution in [0.2, 0.25) is 5.02 Å². The van der Waals surface area contributed by atoms with Crippen molar-refractivity contribution >= 4 is 50.0 Å². The zero-order valence-corrected chi connectivity index (χ0v) is 17.7. The molecule has 1 unspecified atom stereocenters. The highest BCUT2D eigenvalue weighted by atomic mass is 35.5. The third-order valence-electron chi connectivity index (χ3n) is 5.82. The summed E-state index contributed by atoms with van der Waals surface area (Å²) in [5, 5.41) is 4.75. The minimum absolute atomic E-state index is 0.00253. The first kappa shape index (κ1) is 18.5. The van der Waals surface area contributed by atoms with Gasteiger partial charge in [-0.05, 0) is 47.7 Å². The van der Waals surface area contributed by atoms with Crippen LogP contribution in [0.4, 0.5) is 0 Å². The summed E-state index contributed by atoms with van der Waals surface area (Å²) in [6, 6.07) is 15.3. The fraction of sp³-hybridized carbons (Fsp3) is 0.130. The van der Waals surface area contributed by atoms with Crippen LogP contribution in [0.25, 0.3) is 26.4 Å². The topological polar surface area (TPSA) is 80.6 Å². The van der Waals surface area contributed by atoms with Crippen LogP contribution in [0, 0.1) is 0 Å². The molecule has 0 saturated heterocycles. The number of fused-ring (bicyclic) bond motifs is 4. The van der Waals surface area contributed by atoms with Crippen molar-refractivity contribution in [2.45, 2.75) is 18.8 Å². The molecule has 1 atom stereocenters. The largest absolute Gasteiger partial charge is 0.294 e. The van der Waals surface area contributed by atoms with Crippen LogP contribution in [-0.4, -0.2) is 25.5 Å². The number of H-pyrrole nitrogens is 1. The maximum Gasteiger partial charge on any atom is 0.283 e. The summed E-state index contributed by atoms with van der Waals surface area (Å²) in [6.45, 7) is 0. The van der Waals surface area contributed by atoms with Gasteiger partial charge in [-0.2, -0.15) is 4.68 Å². The Labute approximate surface area is 185 Å². The molecule has 31 heavy (non-hydrogen) atoms. The molecule has 0 amide bonds. The van der Waals surface area contributed by atoms with E-state index < -0.39 is 0 Å². The first-order chi connectivity index (χ1) is 15.1. The van der Waals surface area contributed by atoms with Crippen molar-refractivity contribution in [2.24, 2.45) is 0 Å². The molecule has 0 bridgehead atoms. The van der Waals surface area contributed by atoms with E-state index in [0.717, 1.165) is 21.3 Å². The van der Waals surface area contributed by atoms with Crippen LogP contribution in [0.15, 0.2) is 59.5 Å². The molecule has 0 saturated carbocycles. The summed E-state index contributed by atoms with van der Waals surface area (Å²) < 4.78 is 2.43. The Kier molecular flexibility index (Phi) is 4.09. The lowest BCUT2D eigenvalue weighted by atomic mass is 9.79. The number of aromatic amines is 1. The summed E-state index contributed by atoms with van der Waals surface area (Å²) in [5.74, 6) is -0.00388. The number of carbonyl (C=O) groups excluding carboxylic acids is 1. The van der Waals surface area contributed by atoms with Gasteiger partial charge in [0.1, 0.15) is 0 Å². The van der Waals surface area contributed by atoms with Gasteiger partial charge in [-0.25, -0.2) is 9.97 Å². The molecule has 0 spiro atoms. The zero-order chi connectivity index (χ0) is 21.1. The van der Waals surface area contributed by atoms with E-state index in [9.17, 15) is 9.59 Å². The van der Waals surface area contributed by atoms with Gasteiger partial charge in [-0.1, -0.05) is 47.2 Å². The normalized spacial score (nSPS) is 16.2. The van der Waals surface area contributed by atoms with E-state index in [1.54, 1.807) is 6.20 Å². The average molecular weight is 447 g/mol. The van der Waals surface area contributed by atoms with Crippen molar-refractivity contribution in [1.29, 1.82) is 0 Å². The van der Waals surface area contributed by atoms with Gasteiger partial charge in [-0.3, -0.25) is 14.7 Å². The Morgan fingerprint density at radius 2 is 1.87 bits per heavy atom. The lowest BCUT2D eigenvalue weighted by Gasteiger charge is -2.24. The Bertz CT molecular complexity index is 1510.